The third-order valence-corrected chi connectivity index (χ3v) is 4.04. The minimum absolute atomic E-state index is 0.00537. The number of carbonyl (C=O) groups excluding carboxylic acids is 3. The molecule has 2 aliphatic rings. The van der Waals surface area contributed by atoms with E-state index in [4.69, 9.17) is 4.74 Å². The summed E-state index contributed by atoms with van der Waals surface area (Å²) in [6.07, 6.45) is 0.00537. The number of nitrogens with one attached hydrogen (secondary N) is 1. The second kappa shape index (κ2) is 6.37. The number of carbonyl (C=O) groups is 3. The largest absolute Gasteiger partial charge is 0.375 e. The molecule has 1 N–H and O–H groups in total. The first-order valence-corrected chi connectivity index (χ1v) is 7.63. The molecule has 0 bridgehead atoms. The van der Waals surface area contributed by atoms with Crippen LogP contribution in [0.2, 0.25) is 0 Å². The fourth-order valence-electron chi connectivity index (χ4n) is 2.83. The van der Waals surface area contributed by atoms with Gasteiger partial charge in [-0.2, -0.15) is 0 Å². The van der Waals surface area contributed by atoms with Crippen LogP contribution < -0.4 is 5.32 Å². The van der Waals surface area contributed by atoms with Crippen LogP contribution in [-0.4, -0.2) is 60.0 Å². The Balaban J connectivity index is 1.81. The highest BCUT2D eigenvalue weighted by atomic mass is 16.5. The number of benzene rings is 1. The van der Waals surface area contributed by atoms with Crippen LogP contribution in [0.3, 0.4) is 0 Å². The minimum atomic E-state index is -0.419. The van der Waals surface area contributed by atoms with Gasteiger partial charge in [-0.25, -0.2) is 4.79 Å². The van der Waals surface area contributed by atoms with E-state index in [-0.39, 0.29) is 31.0 Å². The Morgan fingerprint density at radius 2 is 2.13 bits per heavy atom. The Morgan fingerprint density at radius 3 is 2.83 bits per heavy atom. The topological polar surface area (TPSA) is 79.0 Å². The molecule has 4 amide bonds. The molecular formula is C16H19N3O4. The van der Waals surface area contributed by atoms with Crippen LogP contribution in [0.4, 0.5) is 4.79 Å². The summed E-state index contributed by atoms with van der Waals surface area (Å²) in [6, 6.07) is 6.67. The maximum absolute atomic E-state index is 12.8. The predicted molar refractivity (Wildman–Crippen MR) is 81.7 cm³/mol. The van der Waals surface area contributed by atoms with Crippen LogP contribution in [-0.2, 0) is 16.1 Å². The summed E-state index contributed by atoms with van der Waals surface area (Å²) < 4.78 is 5.46. The van der Waals surface area contributed by atoms with Crippen molar-refractivity contribution in [3.8, 4) is 0 Å². The fourth-order valence-corrected chi connectivity index (χ4v) is 2.83. The minimum Gasteiger partial charge on any atom is -0.375 e. The van der Waals surface area contributed by atoms with Crippen LogP contribution in [0.5, 0.6) is 0 Å². The predicted octanol–water partition coefficient (Wildman–Crippen LogP) is 0.599. The molecule has 2 saturated heterocycles. The number of amides is 4. The smallest absolute Gasteiger partial charge is 0.324 e. The van der Waals surface area contributed by atoms with Gasteiger partial charge in [0, 0.05) is 18.7 Å². The van der Waals surface area contributed by atoms with Gasteiger partial charge in [-0.05, 0) is 18.6 Å². The molecule has 0 unspecified atom stereocenters. The number of morpholine rings is 1. The van der Waals surface area contributed by atoms with E-state index in [2.05, 4.69) is 5.32 Å². The lowest BCUT2D eigenvalue weighted by atomic mass is 10.1. The number of nitrogens with zero attached hydrogens (tertiary/aromatic N) is 2. The summed E-state index contributed by atoms with van der Waals surface area (Å²) in [5.74, 6) is -0.375. The van der Waals surface area contributed by atoms with Gasteiger partial charge >= 0.3 is 6.03 Å². The summed E-state index contributed by atoms with van der Waals surface area (Å²) >= 11 is 0. The standard InChI is InChI=1S/C16H19N3O4/c1-11-9-18(6-7-23-11)15(21)13-5-3-2-4-12(13)10-19-14(20)8-17-16(19)22/h2-5,11H,6-10H2,1H3,(H,17,22)/t11-/m1/s1. The summed E-state index contributed by atoms with van der Waals surface area (Å²) in [6.45, 7) is 3.64. The number of hydrogen-bond donors (Lipinski definition) is 1. The van der Waals surface area contributed by atoms with Gasteiger partial charge in [0.25, 0.3) is 5.91 Å². The van der Waals surface area contributed by atoms with E-state index >= 15 is 0 Å². The molecule has 2 aliphatic heterocycles. The third-order valence-electron chi connectivity index (χ3n) is 4.04. The molecule has 0 aliphatic carbocycles. The molecule has 1 aromatic rings. The maximum atomic E-state index is 12.8. The summed E-state index contributed by atoms with van der Waals surface area (Å²) in [7, 11) is 0. The molecule has 23 heavy (non-hydrogen) atoms. The Kier molecular flexibility index (Phi) is 4.29. The molecule has 122 valence electrons. The first-order valence-electron chi connectivity index (χ1n) is 7.63. The van der Waals surface area contributed by atoms with Crippen molar-refractivity contribution in [1.29, 1.82) is 0 Å². The molecule has 7 heteroatoms. The van der Waals surface area contributed by atoms with E-state index in [0.29, 0.717) is 30.8 Å². The Morgan fingerprint density at radius 1 is 1.35 bits per heavy atom. The normalized spacial score (nSPS) is 21.5. The zero-order valence-electron chi connectivity index (χ0n) is 12.9. The average Bonchev–Trinajstić information content (AvgIpc) is 2.87. The first-order chi connectivity index (χ1) is 11.1. The zero-order valence-corrected chi connectivity index (χ0v) is 12.9. The van der Waals surface area contributed by atoms with Crippen molar-refractivity contribution in [1.82, 2.24) is 15.1 Å². The highest BCUT2D eigenvalue weighted by molar-refractivity contribution is 6.02. The molecule has 2 fully saturated rings. The van der Waals surface area contributed by atoms with E-state index in [1.54, 1.807) is 29.2 Å². The van der Waals surface area contributed by atoms with Crippen LogP contribution in [0.15, 0.2) is 24.3 Å². The number of hydrogen-bond acceptors (Lipinski definition) is 4. The Labute approximate surface area is 134 Å². The molecule has 7 nitrogen and oxygen atoms in total. The summed E-state index contributed by atoms with van der Waals surface area (Å²) in [5.41, 5.74) is 1.19. The van der Waals surface area contributed by atoms with Crippen molar-refractivity contribution in [2.75, 3.05) is 26.2 Å². The van der Waals surface area contributed by atoms with Gasteiger partial charge in [0.15, 0.2) is 0 Å². The number of imide groups is 1. The molecular weight excluding hydrogens is 298 g/mol. The van der Waals surface area contributed by atoms with E-state index < -0.39 is 6.03 Å². The van der Waals surface area contributed by atoms with Crippen LogP contribution in [0, 0.1) is 0 Å². The van der Waals surface area contributed by atoms with Crippen molar-refractivity contribution < 1.29 is 19.1 Å². The molecule has 0 radical (unpaired) electrons. The van der Waals surface area contributed by atoms with E-state index in [1.165, 1.54) is 0 Å². The van der Waals surface area contributed by atoms with Crippen LogP contribution in [0.25, 0.3) is 0 Å². The van der Waals surface area contributed by atoms with Crippen molar-refractivity contribution in [3.05, 3.63) is 35.4 Å². The van der Waals surface area contributed by atoms with Gasteiger partial charge in [0.1, 0.15) is 0 Å². The Bertz CT molecular complexity index is 630. The SMILES string of the molecule is C[C@@H]1CN(C(=O)c2ccccc2CN2C(=O)CNC2=O)CCO1. The van der Waals surface area contributed by atoms with Crippen molar-refractivity contribution in [3.63, 3.8) is 0 Å². The molecule has 0 saturated carbocycles. The summed E-state index contributed by atoms with van der Waals surface area (Å²) in [5, 5.41) is 2.48. The molecule has 0 spiro atoms. The zero-order chi connectivity index (χ0) is 16.4. The maximum Gasteiger partial charge on any atom is 0.324 e. The van der Waals surface area contributed by atoms with E-state index in [0.717, 1.165) is 4.90 Å². The van der Waals surface area contributed by atoms with E-state index in [9.17, 15) is 14.4 Å². The van der Waals surface area contributed by atoms with Crippen molar-refractivity contribution in [2.24, 2.45) is 0 Å². The van der Waals surface area contributed by atoms with Gasteiger partial charge in [0.05, 0.1) is 25.8 Å². The van der Waals surface area contributed by atoms with Gasteiger partial charge in [-0.3, -0.25) is 14.5 Å². The molecule has 1 aromatic carbocycles. The molecule has 2 heterocycles. The van der Waals surface area contributed by atoms with Crippen molar-refractivity contribution >= 4 is 17.8 Å². The fraction of sp³-hybridized carbons (Fsp3) is 0.438. The van der Waals surface area contributed by atoms with Crippen molar-refractivity contribution in [2.45, 2.75) is 19.6 Å². The number of ether oxygens (including phenoxy) is 1. The quantitative estimate of drug-likeness (QED) is 0.828. The van der Waals surface area contributed by atoms with Gasteiger partial charge in [0.2, 0.25) is 5.91 Å². The molecule has 0 aromatic heterocycles. The van der Waals surface area contributed by atoms with Crippen LogP contribution >= 0.6 is 0 Å². The van der Waals surface area contributed by atoms with Gasteiger partial charge < -0.3 is 15.0 Å². The highest BCUT2D eigenvalue weighted by Gasteiger charge is 2.30. The van der Waals surface area contributed by atoms with Crippen LogP contribution in [0.1, 0.15) is 22.8 Å². The molecule has 3 rings (SSSR count). The first kappa shape index (κ1) is 15.5. The molecule has 1 atom stereocenters. The number of rotatable bonds is 3. The number of urea groups is 1. The Hall–Kier alpha value is -2.41. The third kappa shape index (κ3) is 3.19. The van der Waals surface area contributed by atoms with Gasteiger partial charge in [-0.1, -0.05) is 18.2 Å². The monoisotopic (exact) mass is 317 g/mol. The highest BCUT2D eigenvalue weighted by Crippen LogP contribution is 2.17. The summed E-state index contributed by atoms with van der Waals surface area (Å²) in [4.78, 5) is 39.1. The lowest BCUT2D eigenvalue weighted by molar-refractivity contribution is -0.125. The van der Waals surface area contributed by atoms with Gasteiger partial charge in [-0.15, -0.1) is 0 Å². The second-order valence-corrected chi connectivity index (χ2v) is 5.73. The second-order valence-electron chi connectivity index (χ2n) is 5.73. The lowest BCUT2D eigenvalue weighted by Crippen LogP contribution is -2.45. The van der Waals surface area contributed by atoms with E-state index in [1.807, 2.05) is 6.92 Å². The lowest BCUT2D eigenvalue weighted by Gasteiger charge is -2.31. The average molecular weight is 317 g/mol.